The number of carboxylic acid groups (broad SMARTS) is 1. The second kappa shape index (κ2) is 8.86. The Bertz CT molecular complexity index is 741. The summed E-state index contributed by atoms with van der Waals surface area (Å²) in [4.78, 5) is 14.7. The Morgan fingerprint density at radius 1 is 1.04 bits per heavy atom. The van der Waals surface area contributed by atoms with Crippen molar-refractivity contribution in [2.75, 3.05) is 26.2 Å². The van der Waals surface area contributed by atoms with Crippen LogP contribution in [0, 0.1) is 5.82 Å². The zero-order valence-electron chi connectivity index (χ0n) is 15.5. The van der Waals surface area contributed by atoms with Crippen LogP contribution in [0.3, 0.4) is 0 Å². The lowest BCUT2D eigenvalue weighted by Gasteiger charge is -2.33. The van der Waals surface area contributed by atoms with E-state index in [0.29, 0.717) is 18.8 Å². The molecule has 1 N–H and O–H groups in total. The summed E-state index contributed by atoms with van der Waals surface area (Å²) in [6, 6.07) is 14.5. The highest BCUT2D eigenvalue weighted by molar-refractivity contribution is 5.65. The summed E-state index contributed by atoms with van der Waals surface area (Å²) in [7, 11) is 0. The summed E-state index contributed by atoms with van der Waals surface area (Å²) >= 11 is 0. The molecule has 1 fully saturated rings. The Balaban J connectivity index is 1.47. The summed E-state index contributed by atoms with van der Waals surface area (Å²) in [6.07, 6.45) is -0.0732. The predicted molar refractivity (Wildman–Crippen MR) is 102 cm³/mol. The number of halogens is 1. The Labute approximate surface area is 159 Å². The van der Waals surface area contributed by atoms with Crippen LogP contribution in [-0.2, 0) is 13.0 Å². The van der Waals surface area contributed by atoms with E-state index in [1.54, 1.807) is 12.1 Å². The van der Waals surface area contributed by atoms with Gasteiger partial charge in [-0.3, -0.25) is 4.90 Å². The van der Waals surface area contributed by atoms with Gasteiger partial charge in [-0.05, 0) is 42.3 Å². The molecule has 1 unspecified atom stereocenters. The van der Waals surface area contributed by atoms with E-state index in [2.05, 4.69) is 29.2 Å². The smallest absolute Gasteiger partial charge is 0.407 e. The van der Waals surface area contributed by atoms with Crippen LogP contribution in [-0.4, -0.2) is 53.3 Å². The second-order valence-corrected chi connectivity index (χ2v) is 6.95. The molecule has 0 aliphatic carbocycles. The van der Waals surface area contributed by atoms with Gasteiger partial charge in [0.05, 0.1) is 6.10 Å². The molecule has 0 saturated carbocycles. The minimum absolute atomic E-state index is 0.00888. The van der Waals surface area contributed by atoms with Crippen LogP contribution >= 0.6 is 0 Å². The van der Waals surface area contributed by atoms with E-state index in [-0.39, 0.29) is 11.9 Å². The van der Waals surface area contributed by atoms with Gasteiger partial charge in [-0.15, -0.1) is 0 Å². The Morgan fingerprint density at radius 2 is 1.63 bits per heavy atom. The Kier molecular flexibility index (Phi) is 6.29. The average molecular weight is 372 g/mol. The van der Waals surface area contributed by atoms with Crippen LogP contribution in [0.25, 0.3) is 0 Å². The quantitative estimate of drug-likeness (QED) is 0.841. The van der Waals surface area contributed by atoms with Crippen LogP contribution in [0.15, 0.2) is 48.5 Å². The Morgan fingerprint density at radius 3 is 2.22 bits per heavy atom. The lowest BCUT2D eigenvalue weighted by Crippen LogP contribution is -2.47. The summed E-state index contributed by atoms with van der Waals surface area (Å²) in [6.45, 7) is 5.47. The van der Waals surface area contributed by atoms with Gasteiger partial charge in [-0.2, -0.15) is 0 Å². The molecule has 0 aromatic heterocycles. The predicted octanol–water partition coefficient (Wildman–Crippen LogP) is 3.63. The molecule has 0 bridgehead atoms. The third kappa shape index (κ3) is 5.69. The fraction of sp³-hybridized carbons (Fsp3) is 0.381. The van der Waals surface area contributed by atoms with Gasteiger partial charge in [-0.1, -0.05) is 24.3 Å². The largest absolute Gasteiger partial charge is 0.490 e. The standard InChI is InChI=1S/C21H25FN2O3/c1-16(27-20-8-6-19(22)7-9-20)14-17-2-4-18(5-3-17)15-23-10-12-24(13-11-23)21(25)26/h2-9,16H,10-15H2,1H3,(H,25,26). The van der Waals surface area contributed by atoms with Crippen molar-refractivity contribution in [1.29, 1.82) is 0 Å². The molecule has 1 amide bonds. The zero-order chi connectivity index (χ0) is 19.2. The maximum Gasteiger partial charge on any atom is 0.407 e. The summed E-state index contributed by atoms with van der Waals surface area (Å²) in [5.74, 6) is 0.399. The highest BCUT2D eigenvalue weighted by Crippen LogP contribution is 2.16. The molecule has 6 heteroatoms. The number of amides is 1. The highest BCUT2D eigenvalue weighted by atomic mass is 19.1. The fourth-order valence-corrected chi connectivity index (χ4v) is 3.26. The van der Waals surface area contributed by atoms with Crippen molar-refractivity contribution in [3.8, 4) is 5.75 Å². The van der Waals surface area contributed by atoms with Gasteiger partial charge in [-0.25, -0.2) is 9.18 Å². The van der Waals surface area contributed by atoms with Gasteiger partial charge in [0.1, 0.15) is 11.6 Å². The number of carbonyl (C=O) groups is 1. The molecule has 1 saturated heterocycles. The normalized spacial score (nSPS) is 16.1. The van der Waals surface area contributed by atoms with Gasteiger partial charge in [0.2, 0.25) is 0 Å². The number of rotatable bonds is 6. The lowest BCUT2D eigenvalue weighted by molar-refractivity contribution is 0.103. The average Bonchev–Trinajstić information content (AvgIpc) is 2.66. The number of hydrogen-bond acceptors (Lipinski definition) is 3. The minimum Gasteiger partial charge on any atom is -0.490 e. The highest BCUT2D eigenvalue weighted by Gasteiger charge is 2.20. The molecule has 1 heterocycles. The van der Waals surface area contributed by atoms with E-state index in [1.807, 2.05) is 6.92 Å². The van der Waals surface area contributed by atoms with E-state index in [4.69, 9.17) is 9.84 Å². The SMILES string of the molecule is CC(Cc1ccc(CN2CCN(C(=O)O)CC2)cc1)Oc1ccc(F)cc1. The van der Waals surface area contributed by atoms with E-state index in [9.17, 15) is 9.18 Å². The first-order chi connectivity index (χ1) is 13.0. The van der Waals surface area contributed by atoms with Gasteiger partial charge in [0.25, 0.3) is 0 Å². The molecular formula is C21H25FN2O3. The first-order valence-corrected chi connectivity index (χ1v) is 9.20. The second-order valence-electron chi connectivity index (χ2n) is 6.95. The van der Waals surface area contributed by atoms with Crippen molar-refractivity contribution in [3.05, 3.63) is 65.5 Å². The number of benzene rings is 2. The minimum atomic E-state index is -0.837. The van der Waals surface area contributed by atoms with Crippen molar-refractivity contribution >= 4 is 6.09 Å². The van der Waals surface area contributed by atoms with E-state index in [1.165, 1.54) is 28.2 Å². The molecule has 1 aliphatic rings. The van der Waals surface area contributed by atoms with Crippen molar-refractivity contribution in [2.24, 2.45) is 0 Å². The first kappa shape index (κ1) is 19.2. The van der Waals surface area contributed by atoms with Crippen LogP contribution in [0.1, 0.15) is 18.1 Å². The molecule has 5 nitrogen and oxygen atoms in total. The fourth-order valence-electron chi connectivity index (χ4n) is 3.26. The molecule has 3 rings (SSSR count). The molecule has 2 aromatic carbocycles. The molecular weight excluding hydrogens is 347 g/mol. The summed E-state index contributed by atoms with van der Waals surface area (Å²) < 4.78 is 18.8. The van der Waals surface area contributed by atoms with Gasteiger partial charge in [0, 0.05) is 39.1 Å². The summed E-state index contributed by atoms with van der Waals surface area (Å²) in [5.41, 5.74) is 2.40. The van der Waals surface area contributed by atoms with E-state index in [0.717, 1.165) is 26.1 Å². The van der Waals surface area contributed by atoms with Crippen LogP contribution < -0.4 is 4.74 Å². The molecule has 2 aromatic rings. The first-order valence-electron chi connectivity index (χ1n) is 9.20. The summed E-state index contributed by atoms with van der Waals surface area (Å²) in [5, 5.41) is 9.00. The maximum atomic E-state index is 12.9. The van der Waals surface area contributed by atoms with Gasteiger partial charge in [0.15, 0.2) is 0 Å². The molecule has 1 atom stereocenters. The molecule has 0 radical (unpaired) electrons. The number of piperazine rings is 1. The van der Waals surface area contributed by atoms with Crippen LogP contribution in [0.4, 0.5) is 9.18 Å². The van der Waals surface area contributed by atoms with Crippen molar-refractivity contribution in [2.45, 2.75) is 26.0 Å². The van der Waals surface area contributed by atoms with Crippen LogP contribution in [0.2, 0.25) is 0 Å². The molecule has 144 valence electrons. The molecule has 0 spiro atoms. The van der Waals surface area contributed by atoms with E-state index >= 15 is 0 Å². The third-order valence-corrected chi connectivity index (χ3v) is 4.75. The van der Waals surface area contributed by atoms with Crippen molar-refractivity contribution in [1.82, 2.24) is 9.80 Å². The third-order valence-electron chi connectivity index (χ3n) is 4.75. The number of hydrogen-bond donors (Lipinski definition) is 1. The topological polar surface area (TPSA) is 53.0 Å². The number of nitrogens with zero attached hydrogens (tertiary/aromatic N) is 2. The van der Waals surface area contributed by atoms with Crippen LogP contribution in [0.5, 0.6) is 5.75 Å². The van der Waals surface area contributed by atoms with E-state index < -0.39 is 6.09 Å². The van der Waals surface area contributed by atoms with Crippen molar-refractivity contribution in [3.63, 3.8) is 0 Å². The zero-order valence-corrected chi connectivity index (χ0v) is 15.5. The van der Waals surface area contributed by atoms with Gasteiger partial charge < -0.3 is 14.7 Å². The van der Waals surface area contributed by atoms with Crippen molar-refractivity contribution < 1.29 is 19.0 Å². The van der Waals surface area contributed by atoms with Gasteiger partial charge >= 0.3 is 6.09 Å². The number of ether oxygens (including phenoxy) is 1. The Hall–Kier alpha value is -2.60. The molecule has 27 heavy (non-hydrogen) atoms. The molecule has 1 aliphatic heterocycles. The lowest BCUT2D eigenvalue weighted by atomic mass is 10.1. The maximum absolute atomic E-state index is 12.9. The monoisotopic (exact) mass is 372 g/mol.